The van der Waals surface area contributed by atoms with Crippen LogP contribution in [-0.4, -0.2) is 23.3 Å². The van der Waals surface area contributed by atoms with E-state index in [9.17, 15) is 0 Å². The molecule has 106 valence electrons. The minimum absolute atomic E-state index is 0.817. The van der Waals surface area contributed by atoms with Gasteiger partial charge < -0.3 is 10.2 Å². The van der Waals surface area contributed by atoms with E-state index in [-0.39, 0.29) is 0 Å². The molecule has 1 aliphatic heterocycles. The molecule has 1 aromatic heterocycles. The zero-order valence-corrected chi connectivity index (χ0v) is 12.2. The molecule has 2 aromatic rings. The van der Waals surface area contributed by atoms with E-state index in [1.165, 1.54) is 42.9 Å². The number of H-pyrrole nitrogens is 1. The Bertz CT molecular complexity index is 562. The molecule has 0 bridgehead atoms. The monoisotopic (exact) mass is 270 g/mol. The fourth-order valence-electron chi connectivity index (χ4n) is 2.81. The Hall–Kier alpha value is -1.97. The summed E-state index contributed by atoms with van der Waals surface area (Å²) in [4.78, 5) is 2.46. The summed E-state index contributed by atoms with van der Waals surface area (Å²) >= 11 is 0. The van der Waals surface area contributed by atoms with Crippen LogP contribution >= 0.6 is 0 Å². The molecule has 1 fully saturated rings. The van der Waals surface area contributed by atoms with Gasteiger partial charge in [-0.15, -0.1) is 0 Å². The number of hydrogen-bond acceptors (Lipinski definition) is 3. The van der Waals surface area contributed by atoms with Crippen LogP contribution in [0.3, 0.4) is 0 Å². The molecule has 0 aliphatic carbocycles. The lowest BCUT2D eigenvalue weighted by Gasteiger charge is -2.18. The van der Waals surface area contributed by atoms with Crippen molar-refractivity contribution in [2.75, 3.05) is 23.3 Å². The van der Waals surface area contributed by atoms with Gasteiger partial charge in [-0.2, -0.15) is 5.10 Å². The predicted octanol–water partition coefficient (Wildman–Crippen LogP) is 3.24. The van der Waals surface area contributed by atoms with Gasteiger partial charge in [0.05, 0.1) is 5.69 Å². The standard InChI is InChI=1S/C16H22N4/c1-12-16(13(2)19-18-12)11-17-14-6-5-7-15(10-14)20-8-3-4-9-20/h5-7,10,17H,3-4,8-9,11H2,1-2H3,(H,18,19). The molecule has 4 heteroatoms. The maximum Gasteiger partial charge on any atom is 0.0643 e. The van der Waals surface area contributed by atoms with Crippen molar-refractivity contribution in [2.45, 2.75) is 33.2 Å². The lowest BCUT2D eigenvalue weighted by molar-refractivity contribution is 0.949. The van der Waals surface area contributed by atoms with E-state index in [0.717, 1.165) is 17.9 Å². The van der Waals surface area contributed by atoms with Crippen LogP contribution in [0.5, 0.6) is 0 Å². The van der Waals surface area contributed by atoms with E-state index in [4.69, 9.17) is 0 Å². The highest BCUT2D eigenvalue weighted by Crippen LogP contribution is 2.24. The van der Waals surface area contributed by atoms with E-state index in [0.29, 0.717) is 0 Å². The van der Waals surface area contributed by atoms with E-state index in [2.05, 4.69) is 51.6 Å². The second-order valence-corrected chi connectivity index (χ2v) is 5.51. The van der Waals surface area contributed by atoms with Gasteiger partial charge in [0.2, 0.25) is 0 Å². The summed E-state index contributed by atoms with van der Waals surface area (Å²) in [7, 11) is 0. The molecule has 2 N–H and O–H groups in total. The van der Waals surface area contributed by atoms with Crippen molar-refractivity contribution in [2.24, 2.45) is 0 Å². The van der Waals surface area contributed by atoms with Gasteiger partial charge in [-0.25, -0.2) is 0 Å². The number of aromatic nitrogens is 2. The fraction of sp³-hybridized carbons (Fsp3) is 0.438. The maximum atomic E-state index is 4.24. The average molecular weight is 270 g/mol. The summed E-state index contributed by atoms with van der Waals surface area (Å²) in [6.07, 6.45) is 2.62. The van der Waals surface area contributed by atoms with Crippen LogP contribution in [0.25, 0.3) is 0 Å². The van der Waals surface area contributed by atoms with Gasteiger partial charge in [0.25, 0.3) is 0 Å². The molecule has 0 atom stereocenters. The van der Waals surface area contributed by atoms with Gasteiger partial charge >= 0.3 is 0 Å². The largest absolute Gasteiger partial charge is 0.381 e. The minimum atomic E-state index is 0.817. The Morgan fingerprint density at radius 2 is 2.05 bits per heavy atom. The molecule has 3 rings (SSSR count). The highest BCUT2D eigenvalue weighted by atomic mass is 15.1. The topological polar surface area (TPSA) is 44.0 Å². The number of anilines is 2. The van der Waals surface area contributed by atoms with E-state index < -0.39 is 0 Å². The van der Waals surface area contributed by atoms with E-state index in [1.807, 2.05) is 6.92 Å². The first-order chi connectivity index (χ1) is 9.74. The predicted molar refractivity (Wildman–Crippen MR) is 83.3 cm³/mol. The Balaban J connectivity index is 1.70. The van der Waals surface area contributed by atoms with Gasteiger partial charge in [0, 0.05) is 42.3 Å². The molecule has 1 aliphatic rings. The molecule has 0 amide bonds. The molecule has 1 aromatic carbocycles. The summed E-state index contributed by atoms with van der Waals surface area (Å²) in [5, 5.41) is 10.8. The van der Waals surface area contributed by atoms with Crippen LogP contribution in [0, 0.1) is 13.8 Å². The summed E-state index contributed by atoms with van der Waals surface area (Å²) in [5.74, 6) is 0. The molecule has 1 saturated heterocycles. The van der Waals surface area contributed by atoms with Crippen molar-refractivity contribution < 1.29 is 0 Å². The van der Waals surface area contributed by atoms with Crippen LogP contribution in [0.1, 0.15) is 29.8 Å². The number of hydrogen-bond donors (Lipinski definition) is 2. The summed E-state index contributed by atoms with van der Waals surface area (Å²) in [6, 6.07) is 8.70. The molecular formula is C16H22N4. The average Bonchev–Trinajstić information content (AvgIpc) is 3.09. The van der Waals surface area contributed by atoms with Crippen molar-refractivity contribution >= 4 is 11.4 Å². The van der Waals surface area contributed by atoms with Crippen molar-refractivity contribution in [3.63, 3.8) is 0 Å². The molecule has 0 radical (unpaired) electrons. The smallest absolute Gasteiger partial charge is 0.0643 e. The van der Waals surface area contributed by atoms with Crippen LogP contribution in [0.15, 0.2) is 24.3 Å². The Kier molecular flexibility index (Phi) is 3.63. The molecule has 0 unspecified atom stereocenters. The second kappa shape index (κ2) is 5.57. The number of nitrogens with zero attached hydrogens (tertiary/aromatic N) is 2. The minimum Gasteiger partial charge on any atom is -0.381 e. The van der Waals surface area contributed by atoms with Gasteiger partial charge in [-0.3, -0.25) is 5.10 Å². The Labute approximate surface area is 120 Å². The number of benzene rings is 1. The van der Waals surface area contributed by atoms with Crippen molar-refractivity contribution in [1.82, 2.24) is 10.2 Å². The van der Waals surface area contributed by atoms with Crippen LogP contribution in [0.4, 0.5) is 11.4 Å². The maximum absolute atomic E-state index is 4.24. The fourth-order valence-corrected chi connectivity index (χ4v) is 2.81. The zero-order chi connectivity index (χ0) is 13.9. The van der Waals surface area contributed by atoms with Gasteiger partial charge in [0.15, 0.2) is 0 Å². The van der Waals surface area contributed by atoms with E-state index >= 15 is 0 Å². The Morgan fingerprint density at radius 3 is 2.75 bits per heavy atom. The van der Waals surface area contributed by atoms with Crippen molar-refractivity contribution in [3.8, 4) is 0 Å². The van der Waals surface area contributed by atoms with E-state index in [1.54, 1.807) is 0 Å². The summed E-state index contributed by atoms with van der Waals surface area (Å²) in [6.45, 7) is 7.29. The molecule has 0 saturated carbocycles. The lowest BCUT2D eigenvalue weighted by Crippen LogP contribution is -2.17. The summed E-state index contributed by atoms with van der Waals surface area (Å²) in [5.41, 5.74) is 5.98. The molecule has 2 heterocycles. The first-order valence-corrected chi connectivity index (χ1v) is 7.33. The number of nitrogens with one attached hydrogen (secondary N) is 2. The van der Waals surface area contributed by atoms with Crippen molar-refractivity contribution in [1.29, 1.82) is 0 Å². The summed E-state index contributed by atoms with van der Waals surface area (Å²) < 4.78 is 0. The third-order valence-electron chi connectivity index (χ3n) is 4.07. The third-order valence-corrected chi connectivity index (χ3v) is 4.07. The molecule has 4 nitrogen and oxygen atoms in total. The SMILES string of the molecule is Cc1n[nH]c(C)c1CNc1cccc(N2CCCC2)c1. The van der Waals surface area contributed by atoms with Crippen LogP contribution in [-0.2, 0) is 6.54 Å². The first-order valence-electron chi connectivity index (χ1n) is 7.33. The van der Waals surface area contributed by atoms with Crippen molar-refractivity contribution in [3.05, 3.63) is 41.2 Å². The van der Waals surface area contributed by atoms with Crippen LogP contribution in [0.2, 0.25) is 0 Å². The number of aromatic amines is 1. The quantitative estimate of drug-likeness (QED) is 0.896. The lowest BCUT2D eigenvalue weighted by atomic mass is 10.2. The normalized spacial score (nSPS) is 14.8. The van der Waals surface area contributed by atoms with Gasteiger partial charge in [-0.1, -0.05) is 6.07 Å². The molecule has 20 heavy (non-hydrogen) atoms. The number of rotatable bonds is 4. The first kappa shape index (κ1) is 13.0. The molecule has 0 spiro atoms. The Morgan fingerprint density at radius 1 is 1.25 bits per heavy atom. The van der Waals surface area contributed by atoms with Gasteiger partial charge in [0.1, 0.15) is 0 Å². The van der Waals surface area contributed by atoms with Crippen LogP contribution < -0.4 is 10.2 Å². The highest BCUT2D eigenvalue weighted by molar-refractivity contribution is 5.58. The second-order valence-electron chi connectivity index (χ2n) is 5.51. The highest BCUT2D eigenvalue weighted by Gasteiger charge is 2.12. The zero-order valence-electron chi connectivity index (χ0n) is 12.2. The third kappa shape index (κ3) is 2.64. The van der Waals surface area contributed by atoms with Gasteiger partial charge in [-0.05, 0) is 44.9 Å². The number of aryl methyl sites for hydroxylation is 2. The molecular weight excluding hydrogens is 248 g/mol.